The number of aryl methyl sites for hydroxylation is 1. The van der Waals surface area contributed by atoms with Crippen LogP contribution in [0.3, 0.4) is 0 Å². The summed E-state index contributed by atoms with van der Waals surface area (Å²) in [6.07, 6.45) is 1.57. The van der Waals surface area contributed by atoms with Gasteiger partial charge in [0, 0.05) is 12.3 Å². The molecule has 0 saturated heterocycles. The summed E-state index contributed by atoms with van der Waals surface area (Å²) < 4.78 is 29.1. The van der Waals surface area contributed by atoms with Crippen molar-refractivity contribution in [2.24, 2.45) is 0 Å². The first-order valence-corrected chi connectivity index (χ1v) is 6.53. The lowest BCUT2D eigenvalue weighted by Gasteiger charge is -2.08. The molecule has 0 bridgehead atoms. The third-order valence-corrected chi connectivity index (χ3v) is 3.61. The van der Waals surface area contributed by atoms with Crippen molar-refractivity contribution in [2.75, 3.05) is 5.73 Å². The first-order valence-electron chi connectivity index (χ1n) is 5.73. The van der Waals surface area contributed by atoms with E-state index >= 15 is 0 Å². The molecule has 2 aromatic heterocycles. The van der Waals surface area contributed by atoms with E-state index < -0.39 is 11.6 Å². The van der Waals surface area contributed by atoms with E-state index in [4.69, 9.17) is 5.73 Å². The van der Waals surface area contributed by atoms with Crippen molar-refractivity contribution in [3.05, 3.63) is 46.1 Å². The van der Waals surface area contributed by atoms with E-state index in [2.05, 4.69) is 25.9 Å². The molecule has 1 aromatic carbocycles. The Labute approximate surface area is 121 Å². The first kappa shape index (κ1) is 13.0. The molecule has 0 aliphatic rings. The minimum atomic E-state index is -0.618. The molecule has 20 heavy (non-hydrogen) atoms. The van der Waals surface area contributed by atoms with Crippen LogP contribution in [0.1, 0.15) is 5.56 Å². The Balaban J connectivity index is 2.38. The molecule has 0 radical (unpaired) electrons. The molecule has 7 heteroatoms. The van der Waals surface area contributed by atoms with Gasteiger partial charge in [0.15, 0.2) is 5.65 Å². The average molecular weight is 339 g/mol. The van der Waals surface area contributed by atoms with Crippen molar-refractivity contribution < 1.29 is 8.78 Å². The van der Waals surface area contributed by atoms with Crippen LogP contribution in [0.5, 0.6) is 0 Å². The van der Waals surface area contributed by atoms with Gasteiger partial charge in [-0.3, -0.25) is 4.57 Å². The standard InChI is InChI=1S/C13H9BrF2N4/c1-6-2-3-18-12-11(6)19-13(17)20(12)10-5-8(15)7(14)4-9(10)16/h2-5H,1H3,(H2,17,19). The van der Waals surface area contributed by atoms with E-state index in [9.17, 15) is 8.78 Å². The van der Waals surface area contributed by atoms with E-state index in [0.717, 1.165) is 17.7 Å². The van der Waals surface area contributed by atoms with Crippen LogP contribution < -0.4 is 5.73 Å². The number of imidazole rings is 1. The summed E-state index contributed by atoms with van der Waals surface area (Å²) in [6, 6.07) is 3.88. The Morgan fingerprint density at radius 1 is 1.25 bits per heavy atom. The predicted octanol–water partition coefficient (Wildman–Crippen LogP) is 3.35. The molecule has 0 fully saturated rings. The smallest absolute Gasteiger partial charge is 0.207 e. The van der Waals surface area contributed by atoms with Gasteiger partial charge in [-0.15, -0.1) is 0 Å². The third-order valence-electron chi connectivity index (χ3n) is 3.00. The van der Waals surface area contributed by atoms with Gasteiger partial charge in [-0.25, -0.2) is 18.7 Å². The second kappa shape index (κ2) is 4.52. The van der Waals surface area contributed by atoms with Gasteiger partial charge in [0.1, 0.15) is 17.2 Å². The molecular formula is C13H9BrF2N4. The number of fused-ring (bicyclic) bond motifs is 1. The molecule has 4 nitrogen and oxygen atoms in total. The maximum absolute atomic E-state index is 14.1. The largest absolute Gasteiger partial charge is 0.369 e. The van der Waals surface area contributed by atoms with Crippen LogP contribution >= 0.6 is 15.9 Å². The summed E-state index contributed by atoms with van der Waals surface area (Å²) in [6.45, 7) is 1.85. The van der Waals surface area contributed by atoms with Gasteiger partial charge < -0.3 is 5.73 Å². The lowest BCUT2D eigenvalue weighted by molar-refractivity contribution is 0.588. The van der Waals surface area contributed by atoms with Gasteiger partial charge in [0.25, 0.3) is 0 Å². The number of hydrogen-bond donors (Lipinski definition) is 1. The van der Waals surface area contributed by atoms with Gasteiger partial charge in [-0.05, 0) is 40.5 Å². The van der Waals surface area contributed by atoms with Crippen molar-refractivity contribution in [1.29, 1.82) is 0 Å². The van der Waals surface area contributed by atoms with Crippen molar-refractivity contribution >= 4 is 33.0 Å². The highest BCUT2D eigenvalue weighted by atomic mass is 79.9. The molecular weight excluding hydrogens is 330 g/mol. The van der Waals surface area contributed by atoms with Gasteiger partial charge in [-0.1, -0.05) is 0 Å². The minimum absolute atomic E-state index is 0.0243. The summed E-state index contributed by atoms with van der Waals surface area (Å²) in [7, 11) is 0. The highest BCUT2D eigenvalue weighted by Crippen LogP contribution is 2.28. The fourth-order valence-corrected chi connectivity index (χ4v) is 2.35. The number of benzene rings is 1. The molecule has 3 rings (SSSR count). The lowest BCUT2D eigenvalue weighted by atomic mass is 10.2. The van der Waals surface area contributed by atoms with Gasteiger partial charge in [0.2, 0.25) is 5.95 Å². The number of halogens is 3. The van der Waals surface area contributed by atoms with E-state index in [0.29, 0.717) is 11.2 Å². The number of anilines is 1. The lowest BCUT2D eigenvalue weighted by Crippen LogP contribution is -2.04. The Bertz CT molecular complexity index is 829. The molecule has 0 atom stereocenters. The zero-order chi connectivity index (χ0) is 14.4. The van der Waals surface area contributed by atoms with Crippen molar-refractivity contribution in [3.63, 3.8) is 0 Å². The summed E-state index contributed by atoms with van der Waals surface area (Å²) in [5.41, 5.74) is 7.61. The Morgan fingerprint density at radius 3 is 2.75 bits per heavy atom. The van der Waals surface area contributed by atoms with Gasteiger partial charge in [-0.2, -0.15) is 0 Å². The number of nitrogen functional groups attached to an aromatic ring is 1. The zero-order valence-corrected chi connectivity index (χ0v) is 11.9. The number of nitrogens with two attached hydrogens (primary N) is 1. The molecule has 3 aromatic rings. The van der Waals surface area contributed by atoms with E-state index in [1.54, 1.807) is 12.3 Å². The van der Waals surface area contributed by atoms with Crippen LogP contribution in [-0.4, -0.2) is 14.5 Å². The van der Waals surface area contributed by atoms with Crippen LogP contribution in [0.25, 0.3) is 16.9 Å². The van der Waals surface area contributed by atoms with E-state index in [1.807, 2.05) is 6.92 Å². The zero-order valence-electron chi connectivity index (χ0n) is 10.4. The molecule has 0 unspecified atom stereocenters. The van der Waals surface area contributed by atoms with E-state index in [-0.39, 0.29) is 16.1 Å². The molecule has 2 N–H and O–H groups in total. The second-order valence-electron chi connectivity index (χ2n) is 4.32. The highest BCUT2D eigenvalue weighted by molar-refractivity contribution is 9.10. The average Bonchev–Trinajstić information content (AvgIpc) is 2.72. The van der Waals surface area contributed by atoms with Crippen molar-refractivity contribution in [3.8, 4) is 5.69 Å². The molecule has 0 amide bonds. The first-order chi connectivity index (χ1) is 9.49. The summed E-state index contributed by atoms with van der Waals surface area (Å²) in [5.74, 6) is -1.15. The number of pyridine rings is 1. The monoisotopic (exact) mass is 338 g/mol. The SMILES string of the molecule is Cc1ccnc2c1nc(N)n2-c1cc(F)c(Br)cc1F. The Kier molecular flexibility index (Phi) is 2.93. The van der Waals surface area contributed by atoms with Crippen LogP contribution in [-0.2, 0) is 0 Å². The summed E-state index contributed by atoms with van der Waals surface area (Å²) in [4.78, 5) is 8.31. The minimum Gasteiger partial charge on any atom is -0.369 e. The molecule has 0 saturated carbocycles. The Hall–Kier alpha value is -2.02. The summed E-state index contributed by atoms with van der Waals surface area (Å²) in [5, 5.41) is 0. The Morgan fingerprint density at radius 2 is 2.00 bits per heavy atom. The molecule has 0 aliphatic carbocycles. The number of nitrogens with zero attached hydrogens (tertiary/aromatic N) is 3. The van der Waals surface area contributed by atoms with Crippen LogP contribution in [0.2, 0.25) is 0 Å². The fraction of sp³-hybridized carbons (Fsp3) is 0.0769. The molecule has 0 aliphatic heterocycles. The maximum atomic E-state index is 14.1. The van der Waals surface area contributed by atoms with Crippen molar-refractivity contribution in [1.82, 2.24) is 14.5 Å². The highest BCUT2D eigenvalue weighted by Gasteiger charge is 2.17. The topological polar surface area (TPSA) is 56.7 Å². The second-order valence-corrected chi connectivity index (χ2v) is 5.18. The number of aromatic nitrogens is 3. The summed E-state index contributed by atoms with van der Waals surface area (Å²) >= 11 is 2.94. The van der Waals surface area contributed by atoms with Crippen molar-refractivity contribution in [2.45, 2.75) is 6.92 Å². The van der Waals surface area contributed by atoms with Crippen LogP contribution in [0, 0.1) is 18.6 Å². The quantitative estimate of drug-likeness (QED) is 0.692. The third kappa shape index (κ3) is 1.85. The predicted molar refractivity (Wildman–Crippen MR) is 75.6 cm³/mol. The van der Waals surface area contributed by atoms with Crippen LogP contribution in [0.15, 0.2) is 28.9 Å². The molecule has 2 heterocycles. The fourth-order valence-electron chi connectivity index (χ4n) is 2.03. The molecule has 102 valence electrons. The normalized spacial score (nSPS) is 11.2. The number of hydrogen-bond acceptors (Lipinski definition) is 3. The van der Waals surface area contributed by atoms with Gasteiger partial charge >= 0.3 is 0 Å². The van der Waals surface area contributed by atoms with E-state index in [1.165, 1.54) is 4.57 Å². The maximum Gasteiger partial charge on any atom is 0.207 e. The molecule has 0 spiro atoms. The van der Waals surface area contributed by atoms with Crippen LogP contribution in [0.4, 0.5) is 14.7 Å². The van der Waals surface area contributed by atoms with Gasteiger partial charge in [0.05, 0.1) is 10.2 Å². The number of rotatable bonds is 1.